The Morgan fingerprint density at radius 1 is 1.00 bits per heavy atom. The number of non-ortho nitro benzene ring substituents is 1. The highest BCUT2D eigenvalue weighted by Crippen LogP contribution is 2.40. The number of nitro groups is 1. The van der Waals surface area contributed by atoms with Gasteiger partial charge in [-0.2, -0.15) is 0 Å². The molecule has 0 spiro atoms. The molecule has 0 fully saturated rings. The summed E-state index contributed by atoms with van der Waals surface area (Å²) in [4.78, 5) is 48.6. The number of esters is 2. The zero-order valence-electron chi connectivity index (χ0n) is 21.7. The van der Waals surface area contributed by atoms with Crippen LogP contribution in [0.3, 0.4) is 0 Å². The van der Waals surface area contributed by atoms with Gasteiger partial charge in [0, 0.05) is 41.0 Å². The highest BCUT2D eigenvalue weighted by Gasteiger charge is 2.38. The largest absolute Gasteiger partial charge is 0.490 e. The number of carbonyl (C=O) groups excluding carboxylic acids is 2. The lowest BCUT2D eigenvalue weighted by Gasteiger charge is -2.30. The van der Waals surface area contributed by atoms with E-state index in [4.69, 9.17) is 18.6 Å². The number of nitrogens with one attached hydrogen (secondary N) is 1. The minimum Gasteiger partial charge on any atom is -0.490 e. The van der Waals surface area contributed by atoms with Crippen LogP contribution in [0.1, 0.15) is 30.9 Å². The van der Waals surface area contributed by atoms with Crippen LogP contribution in [0, 0.1) is 17.0 Å². The van der Waals surface area contributed by atoms with Gasteiger partial charge in [0.25, 0.3) is 5.69 Å². The van der Waals surface area contributed by atoms with Gasteiger partial charge in [0.15, 0.2) is 0 Å². The summed E-state index contributed by atoms with van der Waals surface area (Å²) in [5.74, 6) is -1.95. The summed E-state index contributed by atoms with van der Waals surface area (Å²) in [6.45, 7) is 4.97. The Labute approximate surface area is 222 Å². The van der Waals surface area contributed by atoms with Gasteiger partial charge in [0.1, 0.15) is 24.5 Å². The lowest BCUT2D eigenvalue weighted by Crippen LogP contribution is -2.32. The number of methoxy groups -OCH3 is 1. The van der Waals surface area contributed by atoms with E-state index in [1.54, 1.807) is 45.0 Å². The van der Waals surface area contributed by atoms with Gasteiger partial charge in [0.2, 0.25) is 0 Å². The molecule has 1 atom stereocenters. The van der Waals surface area contributed by atoms with E-state index in [0.29, 0.717) is 28.3 Å². The van der Waals surface area contributed by atoms with E-state index < -0.39 is 28.4 Å². The number of benzene rings is 2. The van der Waals surface area contributed by atoms with Crippen molar-refractivity contribution in [3.8, 4) is 5.75 Å². The van der Waals surface area contributed by atoms with Crippen molar-refractivity contribution in [2.24, 2.45) is 0 Å². The molecule has 0 amide bonds. The first-order valence-corrected chi connectivity index (χ1v) is 12.0. The van der Waals surface area contributed by atoms with Crippen molar-refractivity contribution in [2.45, 2.75) is 26.7 Å². The minimum atomic E-state index is -0.960. The van der Waals surface area contributed by atoms with Crippen LogP contribution >= 0.6 is 0 Å². The fraction of sp³-hybridized carbons (Fsp3) is 0.250. The van der Waals surface area contributed by atoms with Crippen LogP contribution in [0.25, 0.3) is 11.0 Å². The number of nitro benzene ring substituents is 1. The zero-order valence-corrected chi connectivity index (χ0v) is 21.7. The third kappa shape index (κ3) is 5.66. The molecule has 11 nitrogen and oxygen atoms in total. The lowest BCUT2D eigenvalue weighted by molar-refractivity contribution is -0.384. The molecule has 2 aromatic carbocycles. The number of hydrogen-bond acceptors (Lipinski definition) is 10. The molecular weight excluding hydrogens is 508 g/mol. The molecule has 0 saturated heterocycles. The SMILES string of the molecule is COC(=O)C1=C(C)NC(C)=C(C(=O)OCCOc2ccc3c(C)cc(=O)oc3c2)C1c1cccc([N+](=O)[O-])c1. The molecule has 1 unspecified atom stereocenters. The number of dihydropyridines is 1. The number of allylic oxidation sites excluding steroid dienone is 2. The van der Waals surface area contributed by atoms with E-state index in [1.165, 1.54) is 31.4 Å². The number of hydrogen-bond donors (Lipinski definition) is 1. The van der Waals surface area contributed by atoms with Gasteiger partial charge in [0.05, 0.1) is 29.1 Å². The molecule has 0 saturated carbocycles. The number of carbonyl (C=O) groups is 2. The number of ether oxygens (including phenoxy) is 3. The Bertz CT molecular complexity index is 1600. The first-order valence-electron chi connectivity index (χ1n) is 12.0. The fourth-order valence-corrected chi connectivity index (χ4v) is 4.56. The van der Waals surface area contributed by atoms with Gasteiger partial charge in [-0.1, -0.05) is 12.1 Å². The minimum absolute atomic E-state index is 0.00669. The van der Waals surface area contributed by atoms with Crippen molar-refractivity contribution in [1.29, 1.82) is 0 Å². The van der Waals surface area contributed by atoms with Gasteiger partial charge < -0.3 is 23.9 Å². The van der Waals surface area contributed by atoms with Crippen molar-refractivity contribution in [2.75, 3.05) is 20.3 Å². The normalized spacial score (nSPS) is 15.1. The smallest absolute Gasteiger partial charge is 0.336 e. The number of fused-ring (bicyclic) bond motifs is 1. The van der Waals surface area contributed by atoms with E-state index in [0.717, 1.165) is 10.9 Å². The topological polar surface area (TPSA) is 147 Å². The van der Waals surface area contributed by atoms with Crippen molar-refractivity contribution in [3.05, 3.63) is 103 Å². The van der Waals surface area contributed by atoms with E-state index in [1.807, 2.05) is 0 Å². The molecule has 0 aliphatic carbocycles. The maximum absolute atomic E-state index is 13.3. The second-order valence-electron chi connectivity index (χ2n) is 8.87. The summed E-state index contributed by atoms with van der Waals surface area (Å²) in [7, 11) is 1.22. The highest BCUT2D eigenvalue weighted by molar-refractivity contribution is 5.99. The second kappa shape index (κ2) is 11.2. The quantitative estimate of drug-likeness (QED) is 0.148. The third-order valence-electron chi connectivity index (χ3n) is 6.31. The zero-order chi connectivity index (χ0) is 28.3. The number of rotatable bonds is 8. The summed E-state index contributed by atoms with van der Waals surface area (Å²) >= 11 is 0. The van der Waals surface area contributed by atoms with Crippen LogP contribution in [0.15, 0.2) is 80.3 Å². The molecular formula is C28H26N2O9. The van der Waals surface area contributed by atoms with Crippen LogP contribution in [0.2, 0.25) is 0 Å². The van der Waals surface area contributed by atoms with Gasteiger partial charge in [-0.15, -0.1) is 0 Å². The summed E-state index contributed by atoms with van der Waals surface area (Å²) in [6.07, 6.45) is 0. The fourth-order valence-electron chi connectivity index (χ4n) is 4.56. The summed E-state index contributed by atoms with van der Waals surface area (Å²) in [5, 5.41) is 15.2. The summed E-state index contributed by atoms with van der Waals surface area (Å²) in [5.41, 5.74) is 2.00. The average molecular weight is 535 g/mol. The number of aryl methyl sites for hydroxylation is 1. The molecule has 0 bridgehead atoms. The van der Waals surface area contributed by atoms with E-state index >= 15 is 0 Å². The average Bonchev–Trinajstić information content (AvgIpc) is 2.89. The van der Waals surface area contributed by atoms with Crippen LogP contribution in [0.4, 0.5) is 5.69 Å². The molecule has 39 heavy (non-hydrogen) atoms. The van der Waals surface area contributed by atoms with Crippen LogP contribution in [0.5, 0.6) is 5.75 Å². The Kier molecular flexibility index (Phi) is 7.80. The Morgan fingerprint density at radius 2 is 1.72 bits per heavy atom. The standard InChI is InChI=1S/C28H26N2O9/c1-15-12-23(31)39-22-14-20(8-9-21(15)22)37-10-11-38-28(33)25-17(3)29-16(2)24(27(32)36-4)26(25)18-6-5-7-19(13-18)30(34)35/h5-9,12-14,26,29H,10-11H2,1-4H3. The van der Waals surface area contributed by atoms with E-state index in [2.05, 4.69) is 5.32 Å². The van der Waals surface area contributed by atoms with Crippen molar-refractivity contribution >= 4 is 28.6 Å². The molecule has 1 aliphatic rings. The van der Waals surface area contributed by atoms with Gasteiger partial charge in [-0.3, -0.25) is 10.1 Å². The first-order chi connectivity index (χ1) is 18.6. The molecule has 11 heteroatoms. The molecule has 1 aromatic heterocycles. The highest BCUT2D eigenvalue weighted by atomic mass is 16.6. The second-order valence-corrected chi connectivity index (χ2v) is 8.87. The predicted octanol–water partition coefficient (Wildman–Crippen LogP) is 4.04. The number of nitrogens with zero attached hydrogens (tertiary/aromatic N) is 1. The Balaban J connectivity index is 1.54. The lowest BCUT2D eigenvalue weighted by atomic mass is 9.80. The maximum atomic E-state index is 13.3. The summed E-state index contributed by atoms with van der Waals surface area (Å²) in [6, 6.07) is 12.2. The maximum Gasteiger partial charge on any atom is 0.336 e. The molecule has 4 rings (SSSR count). The summed E-state index contributed by atoms with van der Waals surface area (Å²) < 4.78 is 21.3. The van der Waals surface area contributed by atoms with Crippen LogP contribution in [-0.4, -0.2) is 37.2 Å². The monoisotopic (exact) mass is 534 g/mol. The first kappa shape index (κ1) is 27.1. The van der Waals surface area contributed by atoms with Crippen LogP contribution < -0.4 is 15.7 Å². The van der Waals surface area contributed by atoms with Gasteiger partial charge >= 0.3 is 17.6 Å². The predicted molar refractivity (Wildman–Crippen MR) is 140 cm³/mol. The Hall–Kier alpha value is -4.93. The van der Waals surface area contributed by atoms with Crippen molar-refractivity contribution < 1.29 is 33.1 Å². The molecule has 2 heterocycles. The third-order valence-corrected chi connectivity index (χ3v) is 6.31. The van der Waals surface area contributed by atoms with Gasteiger partial charge in [-0.25, -0.2) is 14.4 Å². The van der Waals surface area contributed by atoms with Crippen LogP contribution in [-0.2, 0) is 19.1 Å². The van der Waals surface area contributed by atoms with Crippen molar-refractivity contribution in [1.82, 2.24) is 5.32 Å². The van der Waals surface area contributed by atoms with Gasteiger partial charge in [-0.05, 0) is 44.0 Å². The van der Waals surface area contributed by atoms with Crippen molar-refractivity contribution in [3.63, 3.8) is 0 Å². The molecule has 1 aliphatic heterocycles. The Morgan fingerprint density at radius 3 is 2.41 bits per heavy atom. The molecule has 1 N–H and O–H groups in total. The molecule has 202 valence electrons. The van der Waals surface area contributed by atoms with E-state index in [-0.39, 0.29) is 30.0 Å². The molecule has 0 radical (unpaired) electrons. The molecule has 3 aromatic rings. The van der Waals surface area contributed by atoms with E-state index in [9.17, 15) is 24.5 Å².